The molecule has 1 atom stereocenters. The van der Waals surface area contributed by atoms with Crippen LogP contribution in [-0.2, 0) is 9.53 Å². The van der Waals surface area contributed by atoms with Crippen molar-refractivity contribution in [1.82, 2.24) is 9.80 Å². The van der Waals surface area contributed by atoms with Gasteiger partial charge >= 0.3 is 6.09 Å². The van der Waals surface area contributed by atoms with Crippen LogP contribution in [0.2, 0.25) is 0 Å². The van der Waals surface area contributed by atoms with Crippen molar-refractivity contribution in [2.45, 2.75) is 39.2 Å². The van der Waals surface area contributed by atoms with Crippen molar-refractivity contribution in [2.75, 3.05) is 32.8 Å². The van der Waals surface area contributed by atoms with Crippen molar-refractivity contribution < 1.29 is 19.1 Å². The summed E-state index contributed by atoms with van der Waals surface area (Å²) >= 11 is 0. The topological polar surface area (TPSA) is 82.9 Å². The number of nitrogens with zero attached hydrogens (tertiary/aromatic N) is 3. The number of hydrogen-bond acceptors (Lipinski definition) is 5. The van der Waals surface area contributed by atoms with E-state index < -0.39 is 5.60 Å². The number of nitriles is 1. The van der Waals surface area contributed by atoms with Crippen molar-refractivity contribution in [3.8, 4) is 11.8 Å². The Kier molecular flexibility index (Phi) is 6.35. The number of hydrogen-bond donors (Lipinski definition) is 0. The first-order valence-corrected chi connectivity index (χ1v) is 10.2. The van der Waals surface area contributed by atoms with Crippen LogP contribution in [0.4, 0.5) is 4.79 Å². The highest BCUT2D eigenvalue weighted by atomic mass is 16.6. The second kappa shape index (κ2) is 8.78. The van der Waals surface area contributed by atoms with Gasteiger partial charge in [-0.1, -0.05) is 12.1 Å². The van der Waals surface area contributed by atoms with Crippen molar-refractivity contribution in [3.05, 3.63) is 35.9 Å². The monoisotopic (exact) mass is 411 g/mol. The number of benzene rings is 1. The van der Waals surface area contributed by atoms with Gasteiger partial charge in [0.25, 0.3) is 0 Å². The molecule has 7 heteroatoms. The van der Waals surface area contributed by atoms with Gasteiger partial charge in [0.1, 0.15) is 17.4 Å². The van der Waals surface area contributed by atoms with Crippen LogP contribution in [0, 0.1) is 16.7 Å². The molecule has 160 valence electrons. The lowest BCUT2D eigenvalue weighted by molar-refractivity contribution is -0.125. The molecular formula is C23H29N3O4. The molecule has 0 bridgehead atoms. The molecule has 1 unspecified atom stereocenters. The summed E-state index contributed by atoms with van der Waals surface area (Å²) in [7, 11) is 0. The first-order valence-electron chi connectivity index (χ1n) is 10.2. The summed E-state index contributed by atoms with van der Waals surface area (Å²) in [6.07, 6.45) is 4.89. The summed E-state index contributed by atoms with van der Waals surface area (Å²) in [6, 6.07) is 9.16. The molecule has 2 heterocycles. The average molecular weight is 412 g/mol. The van der Waals surface area contributed by atoms with E-state index >= 15 is 0 Å². The van der Waals surface area contributed by atoms with Crippen LogP contribution in [0.15, 0.2) is 30.3 Å². The molecule has 2 aliphatic heterocycles. The van der Waals surface area contributed by atoms with Gasteiger partial charge in [0.05, 0.1) is 0 Å². The maximum Gasteiger partial charge on any atom is 0.410 e. The Morgan fingerprint density at radius 3 is 2.40 bits per heavy atom. The first-order chi connectivity index (χ1) is 14.2. The largest absolute Gasteiger partial charge is 0.479 e. The van der Waals surface area contributed by atoms with Crippen LogP contribution in [0.1, 0.15) is 39.2 Å². The first kappa shape index (κ1) is 21.7. The lowest BCUT2D eigenvalue weighted by Gasteiger charge is -2.27. The molecule has 0 aromatic heterocycles. The third kappa shape index (κ3) is 5.53. The van der Waals surface area contributed by atoms with Crippen molar-refractivity contribution in [1.29, 1.82) is 5.26 Å². The van der Waals surface area contributed by atoms with E-state index in [1.165, 1.54) is 0 Å². The normalized spacial score (nSPS) is 21.3. The molecule has 0 N–H and O–H groups in total. The van der Waals surface area contributed by atoms with Crippen molar-refractivity contribution in [3.63, 3.8) is 0 Å². The molecule has 2 aliphatic rings. The number of rotatable bonds is 4. The van der Waals surface area contributed by atoms with E-state index in [1.807, 2.05) is 43.9 Å². The Hall–Kier alpha value is -3.01. The zero-order valence-electron chi connectivity index (χ0n) is 17.9. The Labute approximate surface area is 177 Å². The summed E-state index contributed by atoms with van der Waals surface area (Å²) in [6.45, 7) is 8.29. The number of carbonyl (C=O) groups excluding carboxylic acids is 2. The zero-order valence-corrected chi connectivity index (χ0v) is 17.9. The molecule has 2 fully saturated rings. The van der Waals surface area contributed by atoms with Gasteiger partial charge in [0, 0.05) is 37.7 Å². The van der Waals surface area contributed by atoms with Gasteiger partial charge in [-0.15, -0.1) is 0 Å². The number of carbonyl (C=O) groups is 2. The Morgan fingerprint density at radius 2 is 1.77 bits per heavy atom. The third-order valence-electron chi connectivity index (χ3n) is 5.44. The Bertz CT molecular complexity index is 851. The van der Waals surface area contributed by atoms with Crippen LogP contribution < -0.4 is 4.74 Å². The Balaban J connectivity index is 1.52. The molecule has 3 rings (SSSR count). The van der Waals surface area contributed by atoms with Gasteiger partial charge in [-0.05, 0) is 57.4 Å². The summed E-state index contributed by atoms with van der Waals surface area (Å²) < 4.78 is 10.7. The number of ether oxygens (including phenoxy) is 2. The van der Waals surface area contributed by atoms with E-state index in [9.17, 15) is 9.59 Å². The maximum absolute atomic E-state index is 12.6. The summed E-state index contributed by atoms with van der Waals surface area (Å²) in [4.78, 5) is 28.6. The van der Waals surface area contributed by atoms with E-state index in [1.54, 1.807) is 29.2 Å². The van der Waals surface area contributed by atoms with E-state index in [0.717, 1.165) is 18.4 Å². The smallest absolute Gasteiger partial charge is 0.410 e. The molecule has 1 spiro atoms. The molecular weight excluding hydrogens is 382 g/mol. The second-order valence-electron chi connectivity index (χ2n) is 9.01. The standard InChI is InChI=1S/C23H29N3O4/c1-22(2,3)30-21(28)26-14-11-23(17-26)10-13-25(16-23)20(27)9-6-18-4-7-19(8-5-18)29-15-12-24/h4-9H,10-11,13-17H2,1-3H3/b9-6+. The second-order valence-corrected chi connectivity index (χ2v) is 9.01. The molecule has 0 saturated carbocycles. The third-order valence-corrected chi connectivity index (χ3v) is 5.44. The van der Waals surface area contributed by atoms with Crippen molar-refractivity contribution >= 4 is 18.1 Å². The minimum absolute atomic E-state index is 0.00966. The highest BCUT2D eigenvalue weighted by molar-refractivity contribution is 5.92. The van der Waals surface area contributed by atoms with Crippen LogP contribution in [-0.4, -0.2) is 60.2 Å². The fourth-order valence-electron chi connectivity index (χ4n) is 3.94. The molecule has 2 saturated heterocycles. The maximum atomic E-state index is 12.6. The van der Waals surface area contributed by atoms with E-state index in [4.69, 9.17) is 14.7 Å². The van der Waals surface area contributed by atoms with Crippen LogP contribution >= 0.6 is 0 Å². The molecule has 2 amide bonds. The fraction of sp³-hybridized carbons (Fsp3) is 0.522. The van der Waals surface area contributed by atoms with Gasteiger partial charge in [-0.2, -0.15) is 5.26 Å². The van der Waals surface area contributed by atoms with Crippen LogP contribution in [0.3, 0.4) is 0 Å². The lowest BCUT2D eigenvalue weighted by Crippen LogP contribution is -2.38. The van der Waals surface area contributed by atoms with E-state index in [-0.39, 0.29) is 24.0 Å². The number of amides is 2. The minimum atomic E-state index is -0.505. The van der Waals surface area contributed by atoms with Gasteiger partial charge in [0.2, 0.25) is 5.91 Å². The van der Waals surface area contributed by atoms with Gasteiger partial charge in [-0.25, -0.2) is 4.79 Å². The molecule has 30 heavy (non-hydrogen) atoms. The quantitative estimate of drug-likeness (QED) is 0.709. The fourth-order valence-corrected chi connectivity index (χ4v) is 3.94. The SMILES string of the molecule is CC(C)(C)OC(=O)N1CCC2(CCN(C(=O)/C=C/c3ccc(OCC#N)cc3)C2)C1. The van der Waals surface area contributed by atoms with E-state index in [0.29, 0.717) is 31.9 Å². The van der Waals surface area contributed by atoms with Gasteiger partial charge < -0.3 is 19.3 Å². The summed E-state index contributed by atoms with van der Waals surface area (Å²) in [5.74, 6) is 0.602. The molecule has 7 nitrogen and oxygen atoms in total. The average Bonchev–Trinajstić information content (AvgIpc) is 3.31. The van der Waals surface area contributed by atoms with Crippen molar-refractivity contribution in [2.24, 2.45) is 5.41 Å². The zero-order chi connectivity index (χ0) is 21.8. The molecule has 0 aliphatic carbocycles. The van der Waals surface area contributed by atoms with Crippen LogP contribution in [0.5, 0.6) is 5.75 Å². The van der Waals surface area contributed by atoms with E-state index in [2.05, 4.69) is 0 Å². The summed E-state index contributed by atoms with van der Waals surface area (Å²) in [5.41, 5.74) is 0.355. The Morgan fingerprint density at radius 1 is 1.13 bits per heavy atom. The predicted molar refractivity (Wildman–Crippen MR) is 113 cm³/mol. The predicted octanol–water partition coefficient (Wildman–Crippen LogP) is 3.46. The molecule has 1 aromatic carbocycles. The molecule has 0 radical (unpaired) electrons. The molecule has 1 aromatic rings. The van der Waals surface area contributed by atoms with Gasteiger partial charge in [-0.3, -0.25) is 4.79 Å². The number of likely N-dealkylation sites (tertiary alicyclic amines) is 2. The highest BCUT2D eigenvalue weighted by Gasteiger charge is 2.46. The van der Waals surface area contributed by atoms with Crippen LogP contribution in [0.25, 0.3) is 6.08 Å². The minimum Gasteiger partial charge on any atom is -0.479 e. The lowest BCUT2D eigenvalue weighted by atomic mass is 9.86. The summed E-state index contributed by atoms with van der Waals surface area (Å²) in [5, 5.41) is 8.54. The highest BCUT2D eigenvalue weighted by Crippen LogP contribution is 2.40. The van der Waals surface area contributed by atoms with Gasteiger partial charge in [0.15, 0.2) is 6.61 Å².